The maximum atomic E-state index is 10.7. The van der Waals surface area contributed by atoms with E-state index in [0.29, 0.717) is 6.54 Å². The number of carbonyl (C=O) groups is 1. The summed E-state index contributed by atoms with van der Waals surface area (Å²) in [7, 11) is 0. The summed E-state index contributed by atoms with van der Waals surface area (Å²) in [5.74, 6) is 1.30. The lowest BCUT2D eigenvalue weighted by Crippen LogP contribution is -2.44. The third kappa shape index (κ3) is 4.94. The molecule has 0 bridgehead atoms. The number of nitrogens with one attached hydrogen (secondary N) is 1. The van der Waals surface area contributed by atoms with Crippen molar-refractivity contribution in [3.05, 3.63) is 0 Å². The Labute approximate surface area is 98.1 Å². The molecule has 1 rings (SSSR count). The number of carbonyl (C=O) groups excluding carboxylic acids is 1. The molecular weight excluding hydrogens is 202 g/mol. The number of primary amides is 1. The lowest BCUT2D eigenvalue weighted by molar-refractivity contribution is -0.119. The largest absolute Gasteiger partial charge is 0.368 e. The van der Waals surface area contributed by atoms with Gasteiger partial charge in [-0.1, -0.05) is 26.2 Å². The maximum absolute atomic E-state index is 10.7. The van der Waals surface area contributed by atoms with Crippen molar-refractivity contribution in [3.8, 4) is 0 Å². The van der Waals surface area contributed by atoms with E-state index >= 15 is 0 Å². The molecule has 1 aliphatic rings. The van der Waals surface area contributed by atoms with Crippen LogP contribution in [0.4, 0.5) is 0 Å². The normalized spacial score (nSPS) is 27.6. The van der Waals surface area contributed by atoms with Crippen LogP contribution in [0.2, 0.25) is 0 Å². The minimum Gasteiger partial charge on any atom is -0.368 e. The van der Waals surface area contributed by atoms with Gasteiger partial charge in [0.15, 0.2) is 0 Å². The average molecular weight is 227 g/mol. The summed E-state index contributed by atoms with van der Waals surface area (Å²) >= 11 is 0. The van der Waals surface area contributed by atoms with Gasteiger partial charge in [-0.25, -0.2) is 0 Å². The second-order valence-electron chi connectivity index (χ2n) is 5.14. The van der Waals surface area contributed by atoms with E-state index < -0.39 is 11.9 Å². The highest BCUT2D eigenvalue weighted by molar-refractivity contribution is 5.79. The molecule has 4 heteroatoms. The van der Waals surface area contributed by atoms with Crippen molar-refractivity contribution in [2.75, 3.05) is 13.1 Å². The van der Waals surface area contributed by atoms with E-state index in [0.717, 1.165) is 18.4 Å². The van der Waals surface area contributed by atoms with Crippen LogP contribution in [0.5, 0.6) is 0 Å². The molecule has 1 saturated carbocycles. The standard InChI is InChI=1S/C12H25N3O/c1-9-3-2-4-10(7-9)5-6-15-8-11(13)12(14)16/h9-11,15H,2-8,13H2,1H3,(H2,14,16). The molecule has 3 atom stereocenters. The molecule has 4 nitrogen and oxygen atoms in total. The number of amides is 1. The van der Waals surface area contributed by atoms with Crippen LogP contribution in [0, 0.1) is 11.8 Å². The lowest BCUT2D eigenvalue weighted by Gasteiger charge is -2.26. The van der Waals surface area contributed by atoms with Crippen LogP contribution in [0.25, 0.3) is 0 Å². The van der Waals surface area contributed by atoms with Gasteiger partial charge in [0, 0.05) is 6.54 Å². The first-order chi connectivity index (χ1) is 7.59. The monoisotopic (exact) mass is 227 g/mol. The van der Waals surface area contributed by atoms with E-state index in [2.05, 4.69) is 12.2 Å². The first-order valence-electron chi connectivity index (χ1n) is 6.35. The summed E-state index contributed by atoms with van der Waals surface area (Å²) in [6.07, 6.45) is 6.65. The third-order valence-corrected chi connectivity index (χ3v) is 3.50. The molecule has 0 aromatic heterocycles. The molecule has 0 aliphatic heterocycles. The highest BCUT2D eigenvalue weighted by Gasteiger charge is 2.18. The van der Waals surface area contributed by atoms with Crippen LogP contribution in [0.1, 0.15) is 39.0 Å². The van der Waals surface area contributed by atoms with Gasteiger partial charge < -0.3 is 16.8 Å². The second-order valence-corrected chi connectivity index (χ2v) is 5.14. The molecule has 0 spiro atoms. The van der Waals surface area contributed by atoms with Crippen molar-refractivity contribution in [2.24, 2.45) is 23.3 Å². The van der Waals surface area contributed by atoms with Crippen LogP contribution in [0.15, 0.2) is 0 Å². The Morgan fingerprint density at radius 1 is 1.50 bits per heavy atom. The van der Waals surface area contributed by atoms with Gasteiger partial charge >= 0.3 is 0 Å². The predicted octanol–water partition coefficient (Wildman–Crippen LogP) is 0.605. The summed E-state index contributed by atoms with van der Waals surface area (Å²) in [6, 6.07) is -0.551. The summed E-state index contributed by atoms with van der Waals surface area (Å²) in [5.41, 5.74) is 10.6. The van der Waals surface area contributed by atoms with Crippen LogP contribution < -0.4 is 16.8 Å². The highest BCUT2D eigenvalue weighted by atomic mass is 16.1. The van der Waals surface area contributed by atoms with Crippen molar-refractivity contribution >= 4 is 5.91 Å². The van der Waals surface area contributed by atoms with Crippen molar-refractivity contribution in [1.29, 1.82) is 0 Å². The van der Waals surface area contributed by atoms with E-state index in [1.165, 1.54) is 32.1 Å². The molecule has 0 saturated heterocycles. The zero-order valence-corrected chi connectivity index (χ0v) is 10.2. The van der Waals surface area contributed by atoms with Gasteiger partial charge in [-0.05, 0) is 31.2 Å². The van der Waals surface area contributed by atoms with Crippen LogP contribution in [-0.2, 0) is 4.79 Å². The van der Waals surface area contributed by atoms with Crippen LogP contribution in [-0.4, -0.2) is 25.0 Å². The van der Waals surface area contributed by atoms with Gasteiger partial charge in [0.2, 0.25) is 5.91 Å². The van der Waals surface area contributed by atoms with Crippen molar-refractivity contribution < 1.29 is 4.79 Å². The van der Waals surface area contributed by atoms with Crippen molar-refractivity contribution in [2.45, 2.75) is 45.1 Å². The molecule has 16 heavy (non-hydrogen) atoms. The predicted molar refractivity (Wildman–Crippen MR) is 65.8 cm³/mol. The Hall–Kier alpha value is -0.610. The summed E-state index contributed by atoms with van der Waals surface area (Å²) in [5, 5.41) is 3.20. The fourth-order valence-electron chi connectivity index (χ4n) is 2.49. The quantitative estimate of drug-likeness (QED) is 0.581. The second kappa shape index (κ2) is 6.86. The Kier molecular flexibility index (Phi) is 5.77. The highest BCUT2D eigenvalue weighted by Crippen LogP contribution is 2.30. The molecule has 3 unspecified atom stereocenters. The van der Waals surface area contributed by atoms with Crippen LogP contribution >= 0.6 is 0 Å². The first kappa shape index (κ1) is 13.5. The molecule has 0 aromatic carbocycles. The van der Waals surface area contributed by atoms with E-state index in [1.807, 2.05) is 0 Å². The number of hydrogen-bond acceptors (Lipinski definition) is 3. The van der Waals surface area contributed by atoms with Gasteiger partial charge in [-0.15, -0.1) is 0 Å². The Bertz CT molecular complexity index is 220. The molecule has 1 fully saturated rings. The topological polar surface area (TPSA) is 81.1 Å². The number of nitrogens with two attached hydrogens (primary N) is 2. The molecule has 94 valence electrons. The van der Waals surface area contributed by atoms with Crippen molar-refractivity contribution in [3.63, 3.8) is 0 Å². The molecule has 0 radical (unpaired) electrons. The third-order valence-electron chi connectivity index (χ3n) is 3.50. The van der Waals surface area contributed by atoms with Gasteiger partial charge in [-0.2, -0.15) is 0 Å². The minimum absolute atomic E-state index is 0.432. The van der Waals surface area contributed by atoms with E-state index in [1.54, 1.807) is 0 Å². The summed E-state index contributed by atoms with van der Waals surface area (Å²) in [6.45, 7) is 3.78. The van der Waals surface area contributed by atoms with E-state index in [4.69, 9.17) is 11.5 Å². The molecule has 1 amide bonds. The summed E-state index contributed by atoms with van der Waals surface area (Å²) in [4.78, 5) is 10.7. The minimum atomic E-state index is -0.551. The Balaban J connectivity index is 2.04. The van der Waals surface area contributed by atoms with Crippen LogP contribution in [0.3, 0.4) is 0 Å². The Morgan fingerprint density at radius 2 is 2.25 bits per heavy atom. The van der Waals surface area contributed by atoms with E-state index in [-0.39, 0.29) is 0 Å². The molecule has 5 N–H and O–H groups in total. The number of hydrogen-bond donors (Lipinski definition) is 3. The van der Waals surface area contributed by atoms with Gasteiger partial charge in [0.25, 0.3) is 0 Å². The van der Waals surface area contributed by atoms with Crippen molar-refractivity contribution in [1.82, 2.24) is 5.32 Å². The van der Waals surface area contributed by atoms with Gasteiger partial charge in [0.1, 0.15) is 0 Å². The molecule has 0 aromatic rings. The van der Waals surface area contributed by atoms with Gasteiger partial charge in [0.05, 0.1) is 6.04 Å². The first-order valence-corrected chi connectivity index (χ1v) is 6.35. The molecule has 0 heterocycles. The molecule has 1 aliphatic carbocycles. The average Bonchev–Trinajstić information content (AvgIpc) is 2.24. The zero-order valence-electron chi connectivity index (χ0n) is 10.2. The SMILES string of the molecule is CC1CCCC(CCNCC(N)C(N)=O)C1. The fourth-order valence-corrected chi connectivity index (χ4v) is 2.49. The fraction of sp³-hybridized carbons (Fsp3) is 0.917. The lowest BCUT2D eigenvalue weighted by atomic mass is 9.81. The zero-order chi connectivity index (χ0) is 12.0. The summed E-state index contributed by atoms with van der Waals surface area (Å²) < 4.78 is 0. The smallest absolute Gasteiger partial charge is 0.235 e. The molecular formula is C12H25N3O. The maximum Gasteiger partial charge on any atom is 0.235 e. The van der Waals surface area contributed by atoms with E-state index in [9.17, 15) is 4.79 Å². The van der Waals surface area contributed by atoms with Gasteiger partial charge in [-0.3, -0.25) is 4.79 Å². The Morgan fingerprint density at radius 3 is 2.88 bits per heavy atom. The number of rotatable bonds is 6.